The van der Waals surface area contributed by atoms with Crippen molar-refractivity contribution >= 4 is 17.4 Å². The number of ether oxygens (including phenoxy) is 2. The third-order valence-corrected chi connectivity index (χ3v) is 4.33. The monoisotopic (exact) mass is 407 g/mol. The fourth-order valence-electron chi connectivity index (χ4n) is 2.73. The predicted octanol–water partition coefficient (Wildman–Crippen LogP) is 3.00. The molecule has 0 radical (unpaired) electrons. The van der Waals surface area contributed by atoms with E-state index in [1.165, 1.54) is 7.11 Å². The van der Waals surface area contributed by atoms with Gasteiger partial charge in [0.2, 0.25) is 0 Å². The van der Waals surface area contributed by atoms with Gasteiger partial charge in [-0.2, -0.15) is 10.5 Å². The van der Waals surface area contributed by atoms with Crippen molar-refractivity contribution in [2.45, 2.75) is 6.61 Å². The fourth-order valence-corrected chi connectivity index (χ4v) is 2.84. The molecule has 0 aliphatic carbocycles. The lowest BCUT2D eigenvalue weighted by Crippen LogP contribution is -2.16. The van der Waals surface area contributed by atoms with Gasteiger partial charge in [0.1, 0.15) is 40.8 Å². The molecule has 0 saturated carbocycles. The fraction of sp³-hybridized carbons (Fsp3) is 0.100. The topological polar surface area (TPSA) is 138 Å². The van der Waals surface area contributed by atoms with Gasteiger partial charge in [-0.15, -0.1) is 0 Å². The maximum Gasteiger partial charge on any atom is 0.268 e. The van der Waals surface area contributed by atoms with E-state index in [9.17, 15) is 15.3 Å². The summed E-state index contributed by atoms with van der Waals surface area (Å²) < 4.78 is 11.2. The number of nitrogen functional groups attached to an aromatic ring is 1. The van der Waals surface area contributed by atoms with Gasteiger partial charge in [-0.25, -0.2) is 4.98 Å². The van der Waals surface area contributed by atoms with Gasteiger partial charge in [-0.3, -0.25) is 4.79 Å². The van der Waals surface area contributed by atoms with Crippen LogP contribution in [0.25, 0.3) is 11.1 Å². The summed E-state index contributed by atoms with van der Waals surface area (Å²) in [5.41, 5.74) is 6.25. The lowest BCUT2D eigenvalue weighted by molar-refractivity contribution is 0.284. The number of rotatable bonds is 5. The Kier molecular flexibility index (Phi) is 5.68. The number of pyridine rings is 2. The molecule has 0 aliphatic rings. The molecule has 0 fully saturated rings. The number of hydrogen-bond donors (Lipinski definition) is 2. The second-order valence-electron chi connectivity index (χ2n) is 5.86. The van der Waals surface area contributed by atoms with Crippen LogP contribution >= 0.6 is 11.6 Å². The normalized spacial score (nSPS) is 10.1. The van der Waals surface area contributed by atoms with Crippen LogP contribution in [0.1, 0.15) is 16.7 Å². The molecule has 2 heterocycles. The Bertz CT molecular complexity index is 1210. The van der Waals surface area contributed by atoms with Crippen LogP contribution in [-0.2, 0) is 6.61 Å². The number of nitriles is 2. The Morgan fingerprint density at radius 1 is 1.17 bits per heavy atom. The van der Waals surface area contributed by atoms with Crippen LogP contribution in [0.5, 0.6) is 11.5 Å². The highest BCUT2D eigenvalue weighted by molar-refractivity contribution is 6.29. The SMILES string of the molecule is COc1cc(-c2c(C#N)c(N)[nH]c(=O)c2C#N)ccc1OCc1ccc(Cl)nc1. The molecule has 0 spiro atoms. The summed E-state index contributed by atoms with van der Waals surface area (Å²) in [4.78, 5) is 18.4. The third-order valence-electron chi connectivity index (χ3n) is 4.10. The molecular formula is C20H14ClN5O3. The lowest BCUT2D eigenvalue weighted by Gasteiger charge is -2.14. The van der Waals surface area contributed by atoms with Crippen molar-refractivity contribution in [1.29, 1.82) is 10.5 Å². The first kappa shape index (κ1) is 19.7. The second kappa shape index (κ2) is 8.34. The molecular weight excluding hydrogens is 394 g/mol. The highest BCUT2D eigenvalue weighted by Crippen LogP contribution is 2.35. The molecule has 0 atom stereocenters. The molecule has 0 unspecified atom stereocenters. The van der Waals surface area contributed by atoms with Crippen molar-refractivity contribution in [2.75, 3.05) is 12.8 Å². The summed E-state index contributed by atoms with van der Waals surface area (Å²) in [6.07, 6.45) is 1.60. The summed E-state index contributed by atoms with van der Waals surface area (Å²) in [6, 6.07) is 12.0. The number of nitrogens with one attached hydrogen (secondary N) is 1. The first-order valence-electron chi connectivity index (χ1n) is 8.26. The molecule has 0 bridgehead atoms. The van der Waals surface area contributed by atoms with E-state index in [0.29, 0.717) is 22.2 Å². The number of benzene rings is 1. The molecule has 3 N–H and O–H groups in total. The van der Waals surface area contributed by atoms with Crippen LogP contribution in [0.3, 0.4) is 0 Å². The van der Waals surface area contributed by atoms with E-state index in [1.54, 1.807) is 36.5 Å². The Morgan fingerprint density at radius 2 is 1.93 bits per heavy atom. The van der Waals surface area contributed by atoms with E-state index in [2.05, 4.69) is 9.97 Å². The maximum absolute atomic E-state index is 12.1. The number of nitrogens with two attached hydrogens (primary N) is 1. The Balaban J connectivity index is 2.02. The van der Waals surface area contributed by atoms with Gasteiger partial charge in [0, 0.05) is 17.3 Å². The molecule has 0 saturated heterocycles. The number of aromatic nitrogens is 2. The van der Waals surface area contributed by atoms with E-state index < -0.39 is 5.56 Å². The highest BCUT2D eigenvalue weighted by Gasteiger charge is 2.19. The summed E-state index contributed by atoms with van der Waals surface area (Å²) in [5, 5.41) is 19.2. The summed E-state index contributed by atoms with van der Waals surface area (Å²) in [5.74, 6) is 0.679. The van der Waals surface area contributed by atoms with Crippen LogP contribution in [-0.4, -0.2) is 17.1 Å². The van der Waals surface area contributed by atoms with Crippen molar-refractivity contribution in [3.05, 3.63) is 68.7 Å². The quantitative estimate of drug-likeness (QED) is 0.620. The number of methoxy groups -OCH3 is 1. The maximum atomic E-state index is 12.1. The number of halogens is 1. The molecule has 144 valence electrons. The van der Waals surface area contributed by atoms with Crippen molar-refractivity contribution < 1.29 is 9.47 Å². The molecule has 29 heavy (non-hydrogen) atoms. The Labute approximate surface area is 170 Å². The molecule has 2 aromatic heterocycles. The number of anilines is 1. The second-order valence-corrected chi connectivity index (χ2v) is 6.25. The number of aromatic amines is 1. The number of H-pyrrole nitrogens is 1. The van der Waals surface area contributed by atoms with Gasteiger partial charge in [0.05, 0.1) is 7.11 Å². The van der Waals surface area contributed by atoms with E-state index >= 15 is 0 Å². The van der Waals surface area contributed by atoms with E-state index in [0.717, 1.165) is 5.56 Å². The van der Waals surface area contributed by atoms with Crippen LogP contribution in [0.15, 0.2) is 41.3 Å². The van der Waals surface area contributed by atoms with Gasteiger partial charge in [-0.1, -0.05) is 23.7 Å². The largest absolute Gasteiger partial charge is 0.493 e. The smallest absolute Gasteiger partial charge is 0.268 e. The van der Waals surface area contributed by atoms with Gasteiger partial charge in [0.25, 0.3) is 5.56 Å². The number of hydrogen-bond acceptors (Lipinski definition) is 7. The molecule has 0 amide bonds. The summed E-state index contributed by atoms with van der Waals surface area (Å²) in [6.45, 7) is 0.227. The summed E-state index contributed by atoms with van der Waals surface area (Å²) in [7, 11) is 1.46. The minimum Gasteiger partial charge on any atom is -0.493 e. The number of nitrogens with zero attached hydrogens (tertiary/aromatic N) is 3. The average Bonchev–Trinajstić information content (AvgIpc) is 2.72. The zero-order valence-electron chi connectivity index (χ0n) is 15.2. The van der Waals surface area contributed by atoms with E-state index in [1.807, 2.05) is 12.1 Å². The van der Waals surface area contributed by atoms with Gasteiger partial charge in [0.15, 0.2) is 11.5 Å². The zero-order chi connectivity index (χ0) is 21.0. The van der Waals surface area contributed by atoms with Gasteiger partial charge in [-0.05, 0) is 23.8 Å². The molecule has 3 rings (SSSR count). The van der Waals surface area contributed by atoms with Gasteiger partial charge >= 0.3 is 0 Å². The lowest BCUT2D eigenvalue weighted by atomic mass is 9.96. The minimum atomic E-state index is -0.673. The van der Waals surface area contributed by atoms with Gasteiger partial charge < -0.3 is 20.2 Å². The van der Waals surface area contributed by atoms with Crippen molar-refractivity contribution in [1.82, 2.24) is 9.97 Å². The average molecular weight is 408 g/mol. The Hall–Kier alpha value is -4.01. The summed E-state index contributed by atoms with van der Waals surface area (Å²) >= 11 is 5.77. The standard InChI is InChI=1S/C20H14ClN5O3/c1-28-16-6-12(18-13(7-22)19(24)26-20(27)14(18)8-23)3-4-15(16)29-10-11-2-5-17(21)25-9-11/h2-6,9H,10H2,1H3,(H3,24,26,27). The molecule has 1 aromatic carbocycles. The molecule has 8 nitrogen and oxygen atoms in total. The highest BCUT2D eigenvalue weighted by atomic mass is 35.5. The minimum absolute atomic E-state index is 0.00381. The van der Waals surface area contributed by atoms with Crippen LogP contribution < -0.4 is 20.8 Å². The van der Waals surface area contributed by atoms with Crippen molar-refractivity contribution in [3.63, 3.8) is 0 Å². The third kappa shape index (κ3) is 3.98. The van der Waals surface area contributed by atoms with Crippen LogP contribution in [0.4, 0.5) is 5.82 Å². The van der Waals surface area contributed by atoms with Crippen LogP contribution in [0, 0.1) is 22.7 Å². The molecule has 3 aromatic rings. The van der Waals surface area contributed by atoms with Crippen molar-refractivity contribution in [2.24, 2.45) is 0 Å². The first-order chi connectivity index (χ1) is 14.0. The molecule has 9 heteroatoms. The van der Waals surface area contributed by atoms with Crippen LogP contribution in [0.2, 0.25) is 5.15 Å². The first-order valence-corrected chi connectivity index (χ1v) is 8.63. The van der Waals surface area contributed by atoms with E-state index in [4.69, 9.17) is 26.8 Å². The van der Waals surface area contributed by atoms with E-state index in [-0.39, 0.29) is 29.1 Å². The Morgan fingerprint density at radius 3 is 2.55 bits per heavy atom. The zero-order valence-corrected chi connectivity index (χ0v) is 15.9. The molecule has 0 aliphatic heterocycles. The predicted molar refractivity (Wildman–Crippen MR) is 106 cm³/mol. The van der Waals surface area contributed by atoms with Crippen molar-refractivity contribution in [3.8, 4) is 34.8 Å².